The van der Waals surface area contributed by atoms with Crippen molar-refractivity contribution in [3.8, 4) is 0 Å². The molecule has 10 heteroatoms. The van der Waals surface area contributed by atoms with E-state index in [1.807, 2.05) is 0 Å². The second-order valence-corrected chi connectivity index (χ2v) is 7.80. The summed E-state index contributed by atoms with van der Waals surface area (Å²) >= 11 is 5.84. The molecule has 0 bridgehead atoms. The minimum atomic E-state index is -4.27. The Bertz CT molecular complexity index is 960. The first-order valence-corrected chi connectivity index (χ1v) is 9.67. The molecule has 0 aliphatic heterocycles. The fraction of sp³-hybridized carbons (Fsp3) is 0.235. The standard InChI is InChI=1S/C17H17ClN2O6S/c1-3-26-17(21)11-19(14-7-5-13(18)6-8-14)27(24,25)15-9-4-12(2)16(10-15)20(22)23/h4-10H,3,11H2,1-2H3. The van der Waals surface area contributed by atoms with E-state index >= 15 is 0 Å². The predicted molar refractivity (Wildman–Crippen MR) is 100 cm³/mol. The Morgan fingerprint density at radius 3 is 2.41 bits per heavy atom. The minimum absolute atomic E-state index is 0.0866. The van der Waals surface area contributed by atoms with E-state index in [-0.39, 0.29) is 22.9 Å². The number of sulfonamides is 1. The van der Waals surface area contributed by atoms with Crippen LogP contribution >= 0.6 is 11.6 Å². The molecular weight excluding hydrogens is 396 g/mol. The largest absolute Gasteiger partial charge is 0.465 e. The molecule has 2 rings (SSSR count). The molecule has 8 nitrogen and oxygen atoms in total. The molecule has 0 saturated carbocycles. The van der Waals surface area contributed by atoms with Gasteiger partial charge in [-0.3, -0.25) is 19.2 Å². The van der Waals surface area contributed by atoms with Crippen molar-refractivity contribution >= 4 is 39.0 Å². The van der Waals surface area contributed by atoms with Gasteiger partial charge in [0.05, 0.1) is 22.1 Å². The summed E-state index contributed by atoms with van der Waals surface area (Å²) in [7, 11) is -4.27. The van der Waals surface area contributed by atoms with E-state index in [1.165, 1.54) is 43.3 Å². The monoisotopic (exact) mass is 412 g/mol. The van der Waals surface area contributed by atoms with Crippen molar-refractivity contribution in [2.24, 2.45) is 0 Å². The smallest absolute Gasteiger partial charge is 0.326 e. The number of carbonyl (C=O) groups is 1. The molecule has 0 aromatic heterocycles. The van der Waals surface area contributed by atoms with Crippen LogP contribution in [0.5, 0.6) is 0 Å². The number of anilines is 1. The lowest BCUT2D eigenvalue weighted by atomic mass is 10.2. The highest BCUT2D eigenvalue weighted by Gasteiger charge is 2.29. The van der Waals surface area contributed by atoms with Crippen molar-refractivity contribution in [1.82, 2.24) is 0 Å². The molecule has 2 aromatic carbocycles. The number of nitro benzene ring substituents is 1. The number of nitrogens with zero attached hydrogens (tertiary/aromatic N) is 2. The summed E-state index contributed by atoms with van der Waals surface area (Å²) in [6, 6.07) is 9.38. The number of nitro groups is 1. The van der Waals surface area contributed by atoms with Gasteiger partial charge < -0.3 is 4.74 Å². The van der Waals surface area contributed by atoms with E-state index in [0.29, 0.717) is 10.6 Å². The zero-order valence-electron chi connectivity index (χ0n) is 14.6. The second kappa shape index (κ2) is 8.36. The molecule has 27 heavy (non-hydrogen) atoms. The topological polar surface area (TPSA) is 107 Å². The fourth-order valence-corrected chi connectivity index (χ4v) is 3.88. The van der Waals surface area contributed by atoms with E-state index < -0.39 is 27.5 Å². The lowest BCUT2D eigenvalue weighted by molar-refractivity contribution is -0.385. The van der Waals surface area contributed by atoms with E-state index in [9.17, 15) is 23.3 Å². The second-order valence-electron chi connectivity index (χ2n) is 5.50. The number of carbonyl (C=O) groups excluding carboxylic acids is 1. The zero-order valence-corrected chi connectivity index (χ0v) is 16.2. The van der Waals surface area contributed by atoms with Crippen molar-refractivity contribution in [3.63, 3.8) is 0 Å². The molecule has 2 aromatic rings. The average Bonchev–Trinajstić information content (AvgIpc) is 2.60. The number of ether oxygens (including phenoxy) is 1. The highest BCUT2D eigenvalue weighted by atomic mass is 35.5. The first kappa shape index (κ1) is 20.7. The number of hydrogen-bond donors (Lipinski definition) is 0. The summed E-state index contributed by atoms with van der Waals surface area (Å²) in [6.45, 7) is 2.61. The van der Waals surface area contributed by atoms with Gasteiger partial charge in [0.15, 0.2) is 0 Å². The van der Waals surface area contributed by atoms with Crippen LogP contribution in [-0.4, -0.2) is 32.5 Å². The number of rotatable bonds is 7. The number of aryl methyl sites for hydroxylation is 1. The van der Waals surface area contributed by atoms with Crippen LogP contribution in [-0.2, 0) is 19.6 Å². The normalized spacial score (nSPS) is 11.1. The molecule has 0 unspecified atom stereocenters. The third-order valence-corrected chi connectivity index (χ3v) is 5.68. The Kier molecular flexibility index (Phi) is 6.40. The maximum Gasteiger partial charge on any atom is 0.326 e. The molecule has 0 atom stereocenters. The highest BCUT2D eigenvalue weighted by Crippen LogP contribution is 2.28. The van der Waals surface area contributed by atoms with Gasteiger partial charge in [0.2, 0.25) is 0 Å². The van der Waals surface area contributed by atoms with Gasteiger partial charge in [0.25, 0.3) is 15.7 Å². The van der Waals surface area contributed by atoms with Crippen molar-refractivity contribution in [2.75, 3.05) is 17.5 Å². The van der Waals surface area contributed by atoms with Gasteiger partial charge in [0.1, 0.15) is 6.54 Å². The van der Waals surface area contributed by atoms with E-state index in [0.717, 1.165) is 10.4 Å². The van der Waals surface area contributed by atoms with Gasteiger partial charge in [-0.1, -0.05) is 17.7 Å². The summed E-state index contributed by atoms with van der Waals surface area (Å²) in [6.07, 6.45) is 0. The van der Waals surface area contributed by atoms with Gasteiger partial charge in [-0.25, -0.2) is 8.42 Å². The zero-order chi connectivity index (χ0) is 20.2. The predicted octanol–water partition coefficient (Wildman–Crippen LogP) is 3.32. The van der Waals surface area contributed by atoms with E-state index in [4.69, 9.17) is 16.3 Å². The highest BCUT2D eigenvalue weighted by molar-refractivity contribution is 7.92. The Hall–Kier alpha value is -2.65. The summed E-state index contributed by atoms with van der Waals surface area (Å²) in [5, 5.41) is 11.5. The van der Waals surface area contributed by atoms with Crippen LogP contribution in [0.2, 0.25) is 5.02 Å². The molecule has 144 valence electrons. The third-order valence-electron chi connectivity index (χ3n) is 3.66. The molecule has 0 N–H and O–H groups in total. The van der Waals surface area contributed by atoms with E-state index in [1.54, 1.807) is 6.92 Å². The summed E-state index contributed by atoms with van der Waals surface area (Å²) < 4.78 is 31.9. The molecule has 0 radical (unpaired) electrons. The molecule has 0 spiro atoms. The van der Waals surface area contributed by atoms with Gasteiger partial charge in [0, 0.05) is 16.7 Å². The summed E-state index contributed by atoms with van der Waals surface area (Å²) in [5.74, 6) is -0.752. The summed E-state index contributed by atoms with van der Waals surface area (Å²) in [4.78, 5) is 22.1. The average molecular weight is 413 g/mol. The number of benzene rings is 2. The van der Waals surface area contributed by atoms with Gasteiger partial charge >= 0.3 is 5.97 Å². The van der Waals surface area contributed by atoms with Crippen molar-refractivity contribution in [3.05, 3.63) is 63.2 Å². The number of esters is 1. The number of halogens is 1. The molecule has 0 aliphatic rings. The molecular formula is C17H17ClN2O6S. The Labute approximate surface area is 161 Å². The first-order valence-electron chi connectivity index (χ1n) is 7.85. The van der Waals surface area contributed by atoms with Gasteiger partial charge in [-0.05, 0) is 44.2 Å². The van der Waals surface area contributed by atoms with Crippen molar-refractivity contribution in [2.45, 2.75) is 18.7 Å². The van der Waals surface area contributed by atoms with Crippen LogP contribution in [0, 0.1) is 17.0 Å². The molecule has 0 amide bonds. The molecule has 0 saturated heterocycles. The van der Waals surface area contributed by atoms with Crippen molar-refractivity contribution < 1.29 is 22.9 Å². The van der Waals surface area contributed by atoms with Crippen LogP contribution in [0.4, 0.5) is 11.4 Å². The van der Waals surface area contributed by atoms with E-state index in [2.05, 4.69) is 0 Å². The van der Waals surface area contributed by atoms with Crippen LogP contribution in [0.15, 0.2) is 47.4 Å². The van der Waals surface area contributed by atoms with Gasteiger partial charge in [-0.2, -0.15) is 0 Å². The van der Waals surface area contributed by atoms with Gasteiger partial charge in [-0.15, -0.1) is 0 Å². The quantitative estimate of drug-likeness (QED) is 0.392. The van der Waals surface area contributed by atoms with Crippen LogP contribution in [0.3, 0.4) is 0 Å². The molecule has 0 aliphatic carbocycles. The maximum atomic E-state index is 13.1. The molecule has 0 heterocycles. The van der Waals surface area contributed by atoms with Crippen LogP contribution < -0.4 is 4.31 Å². The lowest BCUT2D eigenvalue weighted by Gasteiger charge is -2.23. The summed E-state index contributed by atoms with van der Waals surface area (Å²) in [5.41, 5.74) is 0.168. The van der Waals surface area contributed by atoms with Crippen molar-refractivity contribution in [1.29, 1.82) is 0 Å². The lowest BCUT2D eigenvalue weighted by Crippen LogP contribution is -2.36. The number of hydrogen-bond acceptors (Lipinski definition) is 6. The SMILES string of the molecule is CCOC(=O)CN(c1ccc(Cl)cc1)S(=O)(=O)c1ccc(C)c([N+](=O)[O-])c1. The Morgan fingerprint density at radius 2 is 1.85 bits per heavy atom. The maximum absolute atomic E-state index is 13.1. The Balaban J connectivity index is 2.55. The first-order chi connectivity index (χ1) is 12.7. The Morgan fingerprint density at radius 1 is 1.22 bits per heavy atom. The fourth-order valence-electron chi connectivity index (χ4n) is 2.32. The minimum Gasteiger partial charge on any atom is -0.465 e. The van der Waals surface area contributed by atoms with Crippen LogP contribution in [0.1, 0.15) is 12.5 Å². The third kappa shape index (κ3) is 4.75. The van der Waals surface area contributed by atoms with Crippen LogP contribution in [0.25, 0.3) is 0 Å². The molecule has 0 fully saturated rings.